The highest BCUT2D eigenvalue weighted by Crippen LogP contribution is 2.29. The first-order valence-electron chi connectivity index (χ1n) is 5.26. The van der Waals surface area contributed by atoms with E-state index in [0.29, 0.717) is 11.3 Å². The van der Waals surface area contributed by atoms with Gasteiger partial charge in [-0.05, 0) is 23.8 Å². The summed E-state index contributed by atoms with van der Waals surface area (Å²) in [4.78, 5) is 21.8. The summed E-state index contributed by atoms with van der Waals surface area (Å²) in [6.07, 6.45) is 1.32. The third-order valence-electron chi connectivity index (χ3n) is 2.14. The average Bonchev–Trinajstić information content (AvgIpc) is 2.36. The Kier molecular flexibility index (Phi) is 4.66. The van der Waals surface area contributed by atoms with E-state index in [1.807, 2.05) is 0 Å². The van der Waals surface area contributed by atoms with Crippen LogP contribution in [0.15, 0.2) is 23.8 Å². The first-order valence-corrected chi connectivity index (χ1v) is 5.26. The van der Waals surface area contributed by atoms with Crippen LogP contribution in [-0.4, -0.2) is 19.0 Å². The molecule has 0 bridgehead atoms. The van der Waals surface area contributed by atoms with E-state index in [1.54, 1.807) is 12.1 Å². The van der Waals surface area contributed by atoms with Crippen molar-refractivity contribution in [2.45, 2.75) is 6.92 Å². The van der Waals surface area contributed by atoms with Gasteiger partial charge in [-0.3, -0.25) is 9.59 Å². The monoisotopic (exact) mass is 260 g/mol. The minimum absolute atomic E-state index is 0.178. The number of ether oxygens (including phenoxy) is 2. The number of nitriles is 1. The molecule has 0 atom stereocenters. The smallest absolute Gasteiger partial charge is 0.308 e. The van der Waals surface area contributed by atoms with E-state index < -0.39 is 11.9 Å². The molecule has 0 aromatic heterocycles. The van der Waals surface area contributed by atoms with Crippen molar-refractivity contribution >= 4 is 18.0 Å². The Morgan fingerprint density at radius 1 is 1.37 bits per heavy atom. The van der Waals surface area contributed by atoms with Crippen LogP contribution in [0.1, 0.15) is 12.5 Å². The van der Waals surface area contributed by atoms with Gasteiger partial charge in [-0.25, -0.2) is 0 Å². The summed E-state index contributed by atoms with van der Waals surface area (Å²) in [5.74, 6) is -0.725. The van der Waals surface area contributed by atoms with Gasteiger partial charge in [0.25, 0.3) is 5.91 Å². The third kappa shape index (κ3) is 3.85. The molecule has 6 nitrogen and oxygen atoms in total. The number of carbonyl (C=O) groups excluding carboxylic acids is 2. The summed E-state index contributed by atoms with van der Waals surface area (Å²) >= 11 is 0. The lowest BCUT2D eigenvalue weighted by molar-refractivity contribution is -0.132. The Hall–Kier alpha value is -2.81. The molecule has 2 N–H and O–H groups in total. The summed E-state index contributed by atoms with van der Waals surface area (Å²) in [5, 5.41) is 8.74. The van der Waals surface area contributed by atoms with E-state index in [-0.39, 0.29) is 11.3 Å². The number of hydrogen-bond acceptors (Lipinski definition) is 5. The van der Waals surface area contributed by atoms with E-state index in [0.717, 1.165) is 0 Å². The fraction of sp³-hybridized carbons (Fsp3) is 0.154. The molecule has 1 amide bonds. The minimum Gasteiger partial charge on any atom is -0.493 e. The van der Waals surface area contributed by atoms with Gasteiger partial charge < -0.3 is 15.2 Å². The van der Waals surface area contributed by atoms with E-state index in [4.69, 9.17) is 20.5 Å². The van der Waals surface area contributed by atoms with Crippen LogP contribution in [0.3, 0.4) is 0 Å². The van der Waals surface area contributed by atoms with Crippen molar-refractivity contribution in [3.05, 3.63) is 29.3 Å². The quantitative estimate of drug-likeness (QED) is 0.376. The van der Waals surface area contributed by atoms with Gasteiger partial charge in [-0.2, -0.15) is 5.26 Å². The molecule has 0 aliphatic heterocycles. The van der Waals surface area contributed by atoms with Gasteiger partial charge in [0.2, 0.25) is 0 Å². The molecule has 0 saturated heterocycles. The topological polar surface area (TPSA) is 102 Å². The highest BCUT2D eigenvalue weighted by atomic mass is 16.6. The number of esters is 1. The second kappa shape index (κ2) is 6.21. The molecule has 0 heterocycles. The van der Waals surface area contributed by atoms with Gasteiger partial charge >= 0.3 is 5.97 Å². The van der Waals surface area contributed by atoms with E-state index in [1.165, 1.54) is 32.2 Å². The zero-order valence-corrected chi connectivity index (χ0v) is 10.5. The molecule has 1 aromatic rings. The molecular formula is C13H12N2O4. The maximum atomic E-state index is 10.9. The third-order valence-corrected chi connectivity index (χ3v) is 2.14. The second-order valence-electron chi connectivity index (χ2n) is 3.54. The number of hydrogen-bond donors (Lipinski definition) is 1. The van der Waals surface area contributed by atoms with Gasteiger partial charge in [-0.15, -0.1) is 0 Å². The van der Waals surface area contributed by atoms with Crippen LogP contribution >= 0.6 is 0 Å². The summed E-state index contributed by atoms with van der Waals surface area (Å²) < 4.78 is 9.99. The second-order valence-corrected chi connectivity index (χ2v) is 3.54. The van der Waals surface area contributed by atoms with Gasteiger partial charge in [-0.1, -0.05) is 6.07 Å². The first kappa shape index (κ1) is 14.3. The molecular weight excluding hydrogens is 248 g/mol. The Balaban J connectivity index is 3.17. The van der Waals surface area contributed by atoms with Crippen LogP contribution in [0.2, 0.25) is 0 Å². The molecule has 19 heavy (non-hydrogen) atoms. The SMILES string of the molecule is COc1cc(/C=C(\C#N)C(N)=O)ccc1OC(C)=O. The van der Waals surface area contributed by atoms with Crippen LogP contribution in [0.4, 0.5) is 0 Å². The highest BCUT2D eigenvalue weighted by Gasteiger charge is 2.09. The fourth-order valence-corrected chi connectivity index (χ4v) is 1.34. The van der Waals surface area contributed by atoms with E-state index in [2.05, 4.69) is 0 Å². The summed E-state index contributed by atoms with van der Waals surface area (Å²) in [5.41, 5.74) is 5.38. The number of benzene rings is 1. The van der Waals surface area contributed by atoms with Gasteiger partial charge in [0.05, 0.1) is 7.11 Å². The lowest BCUT2D eigenvalue weighted by Crippen LogP contribution is -2.12. The molecule has 0 spiro atoms. The molecule has 1 rings (SSSR count). The van der Waals surface area contributed by atoms with Crippen molar-refractivity contribution in [1.82, 2.24) is 0 Å². The number of nitrogens with two attached hydrogens (primary N) is 1. The number of primary amides is 1. The van der Waals surface area contributed by atoms with Crippen molar-refractivity contribution in [3.8, 4) is 17.6 Å². The van der Waals surface area contributed by atoms with Crippen molar-refractivity contribution in [2.75, 3.05) is 7.11 Å². The zero-order valence-electron chi connectivity index (χ0n) is 10.5. The Labute approximate surface area is 110 Å². The summed E-state index contributed by atoms with van der Waals surface area (Å²) in [6, 6.07) is 6.29. The number of amides is 1. The Morgan fingerprint density at radius 2 is 2.05 bits per heavy atom. The lowest BCUT2D eigenvalue weighted by Gasteiger charge is -2.08. The molecule has 0 saturated carbocycles. The molecule has 0 aliphatic rings. The number of nitrogens with zero attached hydrogens (tertiary/aromatic N) is 1. The van der Waals surface area contributed by atoms with Crippen LogP contribution in [0.25, 0.3) is 6.08 Å². The zero-order chi connectivity index (χ0) is 14.4. The first-order chi connectivity index (χ1) is 8.97. The normalized spacial score (nSPS) is 10.5. The molecule has 98 valence electrons. The Bertz CT molecular complexity index is 585. The average molecular weight is 260 g/mol. The standard InChI is InChI=1S/C13H12N2O4/c1-8(16)19-11-4-3-9(6-12(11)18-2)5-10(7-14)13(15)17/h3-6H,1-2H3,(H2,15,17)/b10-5+. The summed E-state index contributed by atoms with van der Waals surface area (Å²) in [6.45, 7) is 1.27. The van der Waals surface area contributed by atoms with Crippen LogP contribution < -0.4 is 15.2 Å². The van der Waals surface area contributed by atoms with Gasteiger partial charge in [0, 0.05) is 6.92 Å². The molecule has 0 radical (unpaired) electrons. The molecule has 0 fully saturated rings. The predicted molar refractivity (Wildman–Crippen MR) is 67.1 cm³/mol. The van der Waals surface area contributed by atoms with Crippen LogP contribution in [0.5, 0.6) is 11.5 Å². The van der Waals surface area contributed by atoms with Crippen LogP contribution in [0, 0.1) is 11.3 Å². The summed E-state index contributed by atoms with van der Waals surface area (Å²) in [7, 11) is 1.41. The van der Waals surface area contributed by atoms with Crippen LogP contribution in [-0.2, 0) is 9.59 Å². The number of methoxy groups -OCH3 is 1. The van der Waals surface area contributed by atoms with Gasteiger partial charge in [0.1, 0.15) is 11.6 Å². The van der Waals surface area contributed by atoms with E-state index in [9.17, 15) is 9.59 Å². The van der Waals surface area contributed by atoms with Gasteiger partial charge in [0.15, 0.2) is 11.5 Å². The minimum atomic E-state index is -0.814. The van der Waals surface area contributed by atoms with E-state index >= 15 is 0 Å². The fourth-order valence-electron chi connectivity index (χ4n) is 1.34. The molecule has 6 heteroatoms. The highest BCUT2D eigenvalue weighted by molar-refractivity contribution is 6.00. The predicted octanol–water partition coefficient (Wildman–Crippen LogP) is 1.01. The number of carbonyl (C=O) groups is 2. The molecule has 0 unspecified atom stereocenters. The van der Waals surface area contributed by atoms with Crippen molar-refractivity contribution in [3.63, 3.8) is 0 Å². The van der Waals surface area contributed by atoms with Crippen molar-refractivity contribution < 1.29 is 19.1 Å². The lowest BCUT2D eigenvalue weighted by atomic mass is 10.1. The van der Waals surface area contributed by atoms with Crippen molar-refractivity contribution in [2.24, 2.45) is 5.73 Å². The largest absolute Gasteiger partial charge is 0.493 e. The maximum absolute atomic E-state index is 10.9. The molecule has 0 aliphatic carbocycles. The maximum Gasteiger partial charge on any atom is 0.308 e. The number of rotatable bonds is 4. The molecule has 1 aromatic carbocycles. The van der Waals surface area contributed by atoms with Crippen molar-refractivity contribution in [1.29, 1.82) is 5.26 Å². The Morgan fingerprint density at radius 3 is 2.53 bits per heavy atom.